The molecule has 218 valence electrons. The van der Waals surface area contributed by atoms with E-state index in [1.54, 1.807) is 40.2 Å². The fraction of sp³-hybridized carbons (Fsp3) is 0.583. The van der Waals surface area contributed by atoms with Crippen LogP contribution in [0, 0.1) is 0 Å². The maximum Gasteiger partial charge on any atom is 1.00 e. The Bertz CT molecular complexity index is 1490. The van der Waals surface area contributed by atoms with Gasteiger partial charge in [0.05, 0.1) is 31.0 Å². The number of rotatable bonds is 14. The van der Waals surface area contributed by atoms with E-state index in [-0.39, 0.29) is 41.1 Å². The minimum absolute atomic E-state index is 0. The summed E-state index contributed by atoms with van der Waals surface area (Å²) in [6.45, 7) is 5.42. The van der Waals surface area contributed by atoms with Crippen molar-refractivity contribution < 1.29 is 64.5 Å². The fourth-order valence-electron chi connectivity index (χ4n) is 4.24. The molecule has 0 radical (unpaired) electrons. The Labute approximate surface area is 265 Å². The predicted octanol–water partition coefficient (Wildman–Crippen LogP) is -2.72. The van der Waals surface area contributed by atoms with Gasteiger partial charge in [-0.05, 0) is 50.5 Å². The Kier molecular flexibility index (Phi) is 14.8. The SMILES string of the molecule is CCn1c(=CC=CC2=[N+](CCCCS(=O)(=O)[O-])CCS2)oc(=O)c1=CC=C1SCCN1CCCCS(=O)(=O)[O-].[Na+]. The molecule has 1 fully saturated rings. The molecule has 0 N–H and O–H groups in total. The first kappa shape index (κ1) is 35.4. The van der Waals surface area contributed by atoms with Crippen LogP contribution in [0.15, 0.2) is 32.5 Å². The van der Waals surface area contributed by atoms with E-state index >= 15 is 0 Å². The van der Waals surface area contributed by atoms with Crippen LogP contribution in [0.4, 0.5) is 0 Å². The molecule has 1 saturated heterocycles. The van der Waals surface area contributed by atoms with E-state index in [1.165, 1.54) is 0 Å². The quantitative estimate of drug-likeness (QED) is 0.0899. The van der Waals surface area contributed by atoms with Crippen LogP contribution in [0.25, 0.3) is 12.2 Å². The second-order valence-corrected chi connectivity index (χ2v) is 14.3. The van der Waals surface area contributed by atoms with Crippen LogP contribution in [0.2, 0.25) is 0 Å². The smallest absolute Gasteiger partial charge is 0.748 e. The van der Waals surface area contributed by atoms with Crippen molar-refractivity contribution in [1.29, 1.82) is 0 Å². The van der Waals surface area contributed by atoms with Gasteiger partial charge < -0.3 is 23.0 Å². The van der Waals surface area contributed by atoms with Crippen LogP contribution in [-0.2, 0) is 26.8 Å². The van der Waals surface area contributed by atoms with Crippen molar-refractivity contribution in [2.45, 2.75) is 39.2 Å². The first-order chi connectivity index (χ1) is 18.5. The van der Waals surface area contributed by atoms with Crippen molar-refractivity contribution in [3.8, 4) is 0 Å². The molecule has 40 heavy (non-hydrogen) atoms. The molecule has 1 aromatic rings. The zero-order valence-electron chi connectivity index (χ0n) is 22.8. The van der Waals surface area contributed by atoms with Gasteiger partial charge in [0.25, 0.3) is 0 Å². The Balaban J connectivity index is 0.00000560. The second-order valence-electron chi connectivity index (χ2n) is 9.00. The van der Waals surface area contributed by atoms with Gasteiger partial charge in [0.15, 0.2) is 6.54 Å². The molecule has 0 aliphatic carbocycles. The summed E-state index contributed by atoms with van der Waals surface area (Å²) >= 11 is 3.34. The third-order valence-corrected chi connectivity index (χ3v) is 9.86. The van der Waals surface area contributed by atoms with Crippen molar-refractivity contribution in [2.24, 2.45) is 0 Å². The minimum atomic E-state index is -4.20. The number of hydrogen-bond donors (Lipinski definition) is 0. The second kappa shape index (κ2) is 16.8. The number of allylic oxidation sites excluding steroid dienone is 2. The molecule has 0 unspecified atom stereocenters. The van der Waals surface area contributed by atoms with Crippen molar-refractivity contribution in [3.63, 3.8) is 0 Å². The Morgan fingerprint density at radius 1 is 0.975 bits per heavy atom. The van der Waals surface area contributed by atoms with Gasteiger partial charge in [-0.25, -0.2) is 26.2 Å². The number of thioether (sulfide) groups is 2. The first-order valence-electron chi connectivity index (χ1n) is 12.8. The van der Waals surface area contributed by atoms with Gasteiger partial charge in [-0.15, -0.1) is 11.8 Å². The molecule has 2 aliphatic heterocycles. The molecular weight excluding hydrogens is 610 g/mol. The summed E-state index contributed by atoms with van der Waals surface area (Å²) in [5.41, 5.74) is -0.0182. The van der Waals surface area contributed by atoms with Crippen molar-refractivity contribution >= 4 is 61.0 Å². The topological polar surface area (TPSA) is 156 Å². The van der Waals surface area contributed by atoms with Crippen molar-refractivity contribution in [2.75, 3.05) is 49.2 Å². The maximum atomic E-state index is 12.6. The average Bonchev–Trinajstić information content (AvgIpc) is 3.56. The Hall–Kier alpha value is -0.780. The predicted molar refractivity (Wildman–Crippen MR) is 153 cm³/mol. The number of aromatic nitrogens is 1. The fourth-order valence-corrected chi connectivity index (χ4v) is 7.47. The molecule has 0 amide bonds. The van der Waals surface area contributed by atoms with E-state index < -0.39 is 25.9 Å². The molecule has 0 aromatic carbocycles. The molecule has 0 spiro atoms. The molecular formula is C24H34N3NaO8S4. The van der Waals surface area contributed by atoms with E-state index in [0.29, 0.717) is 56.2 Å². The zero-order valence-corrected chi connectivity index (χ0v) is 28.1. The third-order valence-electron chi connectivity index (χ3n) is 6.13. The van der Waals surface area contributed by atoms with Crippen LogP contribution >= 0.6 is 23.5 Å². The van der Waals surface area contributed by atoms with Crippen LogP contribution in [0.5, 0.6) is 0 Å². The molecule has 1 aromatic heterocycles. The van der Waals surface area contributed by atoms with Crippen LogP contribution < -0.4 is 46.1 Å². The average molecular weight is 644 g/mol. The van der Waals surface area contributed by atoms with E-state index in [0.717, 1.165) is 34.7 Å². The molecule has 11 nitrogen and oxygen atoms in total. The Morgan fingerprint density at radius 2 is 1.68 bits per heavy atom. The standard InChI is InChI=1S/C24H35N3O8S4.Na/c1-2-27-20(10-11-23-26(15-17-37-23)13-4-6-19-39(32,33)34)24(28)35-21(27)8-7-9-22-25(14-16-36-22)12-3-5-18-38(29,30)31;/h7-11H,2-6,12-19H2,1H3,(H-,29,30,31,32,33,34);/q;+1/p-1. The van der Waals surface area contributed by atoms with Gasteiger partial charge in [0.1, 0.15) is 11.9 Å². The van der Waals surface area contributed by atoms with Crippen LogP contribution in [-0.4, -0.2) is 94.2 Å². The molecule has 0 atom stereocenters. The van der Waals surface area contributed by atoms with Gasteiger partial charge in [0, 0.05) is 49.4 Å². The monoisotopic (exact) mass is 643 g/mol. The van der Waals surface area contributed by atoms with Crippen LogP contribution in [0.3, 0.4) is 0 Å². The number of unbranched alkanes of at least 4 members (excludes halogenated alkanes) is 2. The summed E-state index contributed by atoms with van der Waals surface area (Å²) in [7, 11) is -8.38. The van der Waals surface area contributed by atoms with Gasteiger partial charge in [-0.2, -0.15) is 0 Å². The normalized spacial score (nSPS) is 18.6. The van der Waals surface area contributed by atoms with Gasteiger partial charge >= 0.3 is 35.2 Å². The van der Waals surface area contributed by atoms with E-state index in [1.807, 2.05) is 25.2 Å². The molecule has 0 bridgehead atoms. The summed E-state index contributed by atoms with van der Waals surface area (Å²) in [5.74, 6) is 1.10. The zero-order chi connectivity index (χ0) is 28.5. The maximum absolute atomic E-state index is 12.6. The molecule has 2 aliphatic rings. The van der Waals surface area contributed by atoms with Gasteiger partial charge in [0.2, 0.25) is 10.6 Å². The Morgan fingerprint density at radius 3 is 2.35 bits per heavy atom. The van der Waals surface area contributed by atoms with Gasteiger partial charge in [-0.3, -0.25) is 0 Å². The van der Waals surface area contributed by atoms with Crippen molar-refractivity contribution in [1.82, 2.24) is 9.47 Å². The number of oxazole rings is 1. The summed E-state index contributed by atoms with van der Waals surface area (Å²) in [6, 6.07) is 0. The minimum Gasteiger partial charge on any atom is -0.748 e. The van der Waals surface area contributed by atoms with Crippen molar-refractivity contribution in [3.05, 3.63) is 44.6 Å². The summed E-state index contributed by atoms with van der Waals surface area (Å²) in [4.78, 5) is 14.7. The largest absolute Gasteiger partial charge is 1.00 e. The molecule has 0 saturated carbocycles. The number of hydrogen-bond acceptors (Lipinski definition) is 11. The summed E-state index contributed by atoms with van der Waals surface area (Å²) in [5, 5.41) is 2.44. The molecule has 3 heterocycles. The van der Waals surface area contributed by atoms with Crippen LogP contribution in [0.1, 0.15) is 32.6 Å². The number of nitrogens with zero attached hydrogens (tertiary/aromatic N) is 3. The molecule has 3 rings (SSSR count). The van der Waals surface area contributed by atoms with Gasteiger partial charge in [-0.1, -0.05) is 11.8 Å². The molecule has 16 heteroatoms. The summed E-state index contributed by atoms with van der Waals surface area (Å²) in [6.07, 6.45) is 11.0. The van der Waals surface area contributed by atoms with E-state index in [9.17, 15) is 30.7 Å². The third kappa shape index (κ3) is 11.8. The van der Waals surface area contributed by atoms with E-state index in [2.05, 4.69) is 9.48 Å². The first-order valence-corrected chi connectivity index (χ1v) is 17.9. The van der Waals surface area contributed by atoms with E-state index in [4.69, 9.17) is 4.42 Å². The summed E-state index contributed by atoms with van der Waals surface area (Å²) < 4.78 is 74.2.